The van der Waals surface area contributed by atoms with E-state index in [1.807, 2.05) is 0 Å². The second-order valence-corrected chi connectivity index (χ2v) is 10.2. The molecule has 3 aromatic rings. The number of anilines is 2. The molecule has 0 bridgehead atoms. The van der Waals surface area contributed by atoms with Gasteiger partial charge in [0.25, 0.3) is 20.0 Å². The Morgan fingerprint density at radius 1 is 0.774 bits per heavy atom. The summed E-state index contributed by atoms with van der Waals surface area (Å²) in [4.78, 5) is 11.1. The minimum Gasteiger partial charge on any atom is -0.478 e. The van der Waals surface area contributed by atoms with Crippen LogP contribution in [0.25, 0.3) is 0 Å². The fourth-order valence-electron chi connectivity index (χ4n) is 2.86. The summed E-state index contributed by atoms with van der Waals surface area (Å²) in [5.41, 5.74) is 1.34. The molecule has 8 nitrogen and oxygen atoms in total. The van der Waals surface area contributed by atoms with Gasteiger partial charge in [-0.3, -0.25) is 9.44 Å². The van der Waals surface area contributed by atoms with Gasteiger partial charge in [-0.25, -0.2) is 21.6 Å². The van der Waals surface area contributed by atoms with Crippen molar-refractivity contribution in [1.82, 2.24) is 0 Å². The molecule has 0 amide bonds. The summed E-state index contributed by atoms with van der Waals surface area (Å²) < 4.78 is 55.5. The highest BCUT2D eigenvalue weighted by atomic mass is 32.2. The number of rotatable bonds is 7. The highest BCUT2D eigenvalue weighted by Gasteiger charge is 2.21. The molecule has 3 aromatic carbocycles. The average Bonchev–Trinajstić information content (AvgIpc) is 2.70. The fourth-order valence-corrected chi connectivity index (χ4v) is 5.32. The van der Waals surface area contributed by atoms with Crippen LogP contribution in [0, 0.1) is 13.8 Å². The molecule has 0 aliphatic rings. The van der Waals surface area contributed by atoms with Crippen LogP contribution in [0.2, 0.25) is 0 Å². The normalized spacial score (nSPS) is 11.7. The Morgan fingerprint density at radius 3 is 1.90 bits per heavy atom. The van der Waals surface area contributed by atoms with Crippen molar-refractivity contribution in [2.45, 2.75) is 23.6 Å². The minimum atomic E-state index is -4.10. The molecule has 0 aromatic heterocycles. The maximum Gasteiger partial charge on any atom is 0.335 e. The van der Waals surface area contributed by atoms with Crippen LogP contribution < -0.4 is 9.44 Å². The van der Waals surface area contributed by atoms with Gasteiger partial charge < -0.3 is 5.11 Å². The molecule has 3 rings (SSSR count). The van der Waals surface area contributed by atoms with Crippen LogP contribution in [0.15, 0.2) is 76.5 Å². The molecule has 0 spiro atoms. The summed E-state index contributed by atoms with van der Waals surface area (Å²) in [5.74, 6) is -1.24. The second kappa shape index (κ2) is 8.40. The highest BCUT2D eigenvalue weighted by molar-refractivity contribution is 7.93. The molecule has 0 saturated carbocycles. The molecular weight excluding hydrogens is 440 g/mol. The van der Waals surface area contributed by atoms with E-state index in [4.69, 9.17) is 0 Å². The molecule has 0 radical (unpaired) electrons. The Morgan fingerprint density at radius 2 is 1.32 bits per heavy atom. The number of carboxylic acids is 1. The van der Waals surface area contributed by atoms with Crippen molar-refractivity contribution in [3.8, 4) is 0 Å². The number of carbonyl (C=O) groups is 1. The van der Waals surface area contributed by atoms with Gasteiger partial charge in [0.1, 0.15) is 0 Å². The van der Waals surface area contributed by atoms with Crippen molar-refractivity contribution >= 4 is 37.4 Å². The van der Waals surface area contributed by atoms with Crippen LogP contribution in [0.5, 0.6) is 0 Å². The van der Waals surface area contributed by atoms with E-state index in [9.17, 15) is 26.7 Å². The van der Waals surface area contributed by atoms with Gasteiger partial charge in [-0.05, 0) is 73.5 Å². The zero-order chi connectivity index (χ0) is 22.8. The van der Waals surface area contributed by atoms with Crippen LogP contribution in [-0.2, 0) is 20.0 Å². The Labute approximate surface area is 180 Å². The topological polar surface area (TPSA) is 130 Å². The van der Waals surface area contributed by atoms with Crippen molar-refractivity contribution in [2.24, 2.45) is 0 Å². The molecule has 31 heavy (non-hydrogen) atoms. The molecule has 0 heterocycles. The van der Waals surface area contributed by atoms with E-state index in [2.05, 4.69) is 9.44 Å². The number of aryl methyl sites for hydroxylation is 1. The lowest BCUT2D eigenvalue weighted by Crippen LogP contribution is -2.16. The maximum atomic E-state index is 12.8. The largest absolute Gasteiger partial charge is 0.478 e. The van der Waals surface area contributed by atoms with Crippen molar-refractivity contribution < 1.29 is 26.7 Å². The summed E-state index contributed by atoms with van der Waals surface area (Å²) in [6, 6.07) is 16.0. The van der Waals surface area contributed by atoms with E-state index >= 15 is 0 Å². The monoisotopic (exact) mass is 460 g/mol. The predicted octanol–water partition coefficient (Wildman–Crippen LogP) is 3.60. The van der Waals surface area contributed by atoms with Crippen LogP contribution in [0.1, 0.15) is 21.5 Å². The van der Waals surface area contributed by atoms with E-state index in [1.165, 1.54) is 30.3 Å². The SMILES string of the molecule is Cc1cc(C(=O)O)cc(S(=O)(=O)Nc2ccc(S(=O)(=O)Nc3ccccc3)cc2)c1C. The smallest absolute Gasteiger partial charge is 0.335 e. The Kier molecular flexibility index (Phi) is 6.05. The first-order valence-electron chi connectivity index (χ1n) is 9.05. The van der Waals surface area contributed by atoms with Gasteiger partial charge in [0.05, 0.1) is 15.4 Å². The number of hydrogen-bond donors (Lipinski definition) is 3. The number of carboxylic acid groups (broad SMARTS) is 1. The lowest BCUT2D eigenvalue weighted by atomic mass is 10.1. The molecule has 10 heteroatoms. The van der Waals surface area contributed by atoms with E-state index in [0.717, 1.165) is 6.07 Å². The van der Waals surface area contributed by atoms with Gasteiger partial charge in [-0.2, -0.15) is 0 Å². The fraction of sp³-hybridized carbons (Fsp3) is 0.0952. The van der Waals surface area contributed by atoms with Crippen LogP contribution in [0.4, 0.5) is 11.4 Å². The molecule has 0 atom stereocenters. The number of nitrogens with one attached hydrogen (secondary N) is 2. The van der Waals surface area contributed by atoms with Gasteiger partial charge in [0, 0.05) is 11.4 Å². The third-order valence-electron chi connectivity index (χ3n) is 4.60. The number of aromatic carboxylic acids is 1. The lowest BCUT2D eigenvalue weighted by Gasteiger charge is -2.14. The van der Waals surface area contributed by atoms with E-state index in [1.54, 1.807) is 44.2 Å². The quantitative estimate of drug-likeness (QED) is 0.494. The predicted molar refractivity (Wildman–Crippen MR) is 117 cm³/mol. The highest BCUT2D eigenvalue weighted by Crippen LogP contribution is 2.25. The molecule has 0 unspecified atom stereocenters. The number of benzene rings is 3. The van der Waals surface area contributed by atoms with Crippen molar-refractivity contribution in [2.75, 3.05) is 9.44 Å². The van der Waals surface area contributed by atoms with Gasteiger partial charge >= 0.3 is 5.97 Å². The molecule has 0 fully saturated rings. The summed E-state index contributed by atoms with van der Waals surface area (Å²) >= 11 is 0. The first-order valence-corrected chi connectivity index (χ1v) is 12.0. The van der Waals surface area contributed by atoms with Crippen LogP contribution in [-0.4, -0.2) is 27.9 Å². The van der Waals surface area contributed by atoms with E-state index in [-0.39, 0.29) is 21.0 Å². The van der Waals surface area contributed by atoms with Crippen LogP contribution >= 0.6 is 0 Å². The van der Waals surface area contributed by atoms with E-state index in [0.29, 0.717) is 16.8 Å². The zero-order valence-electron chi connectivity index (χ0n) is 16.7. The molecule has 162 valence electrons. The first-order chi connectivity index (χ1) is 14.5. The van der Waals surface area contributed by atoms with Gasteiger partial charge in [-0.1, -0.05) is 18.2 Å². The van der Waals surface area contributed by atoms with Crippen LogP contribution in [0.3, 0.4) is 0 Å². The van der Waals surface area contributed by atoms with Crippen molar-refractivity contribution in [1.29, 1.82) is 0 Å². The van der Waals surface area contributed by atoms with Gasteiger partial charge in [-0.15, -0.1) is 0 Å². The summed E-state index contributed by atoms with van der Waals surface area (Å²) in [5, 5.41) is 9.21. The molecule has 0 aliphatic carbocycles. The van der Waals surface area contributed by atoms with E-state index < -0.39 is 26.0 Å². The van der Waals surface area contributed by atoms with Gasteiger partial charge in [0.2, 0.25) is 0 Å². The Balaban J connectivity index is 1.86. The Bertz CT molecular complexity index is 1330. The minimum absolute atomic E-state index is 0.0424. The lowest BCUT2D eigenvalue weighted by molar-refractivity contribution is 0.0696. The molecule has 0 saturated heterocycles. The molecule has 0 aliphatic heterocycles. The van der Waals surface area contributed by atoms with Gasteiger partial charge in [0.15, 0.2) is 0 Å². The average molecular weight is 461 g/mol. The Hall–Kier alpha value is -3.37. The number of hydrogen-bond acceptors (Lipinski definition) is 5. The molecule has 3 N–H and O–H groups in total. The standard InChI is InChI=1S/C21H20N2O6S2/c1-14-12-16(21(24)25)13-20(15(14)2)31(28,29)23-18-8-10-19(11-9-18)30(26,27)22-17-6-4-3-5-7-17/h3-13,22-23H,1-2H3,(H,24,25). The van der Waals surface area contributed by atoms with Crippen molar-refractivity contribution in [3.05, 3.63) is 83.4 Å². The second-order valence-electron chi connectivity index (χ2n) is 6.82. The number of para-hydroxylation sites is 1. The maximum absolute atomic E-state index is 12.8. The first kappa shape index (κ1) is 22.3. The third-order valence-corrected chi connectivity index (χ3v) is 7.50. The summed E-state index contributed by atoms with van der Waals surface area (Å²) in [7, 11) is -7.94. The zero-order valence-corrected chi connectivity index (χ0v) is 18.3. The third kappa shape index (κ3) is 5.04. The molecular formula is C21H20N2O6S2. The number of sulfonamides is 2. The summed E-state index contributed by atoms with van der Waals surface area (Å²) in [6.45, 7) is 3.21. The summed E-state index contributed by atoms with van der Waals surface area (Å²) in [6.07, 6.45) is 0. The van der Waals surface area contributed by atoms with Crippen molar-refractivity contribution in [3.63, 3.8) is 0 Å².